The summed E-state index contributed by atoms with van der Waals surface area (Å²) in [5, 5.41) is 0. The first kappa shape index (κ1) is 13.9. The van der Waals surface area contributed by atoms with E-state index in [1.807, 2.05) is 20.8 Å². The van der Waals surface area contributed by atoms with Gasteiger partial charge in [0.25, 0.3) is 0 Å². The van der Waals surface area contributed by atoms with Crippen LogP contribution in [0.4, 0.5) is 14.5 Å². The molecule has 1 aromatic rings. The van der Waals surface area contributed by atoms with Gasteiger partial charge in [-0.1, -0.05) is 6.92 Å². The van der Waals surface area contributed by atoms with Gasteiger partial charge in [0.05, 0.1) is 0 Å². The number of benzene rings is 1. The zero-order valence-electron chi connectivity index (χ0n) is 10.6. The van der Waals surface area contributed by atoms with Crippen LogP contribution in [0.5, 0.6) is 0 Å². The number of anilines is 1. The second kappa shape index (κ2) is 5.96. The van der Waals surface area contributed by atoms with Gasteiger partial charge in [-0.2, -0.15) is 0 Å². The summed E-state index contributed by atoms with van der Waals surface area (Å²) < 4.78 is 27.8. The van der Waals surface area contributed by atoms with E-state index in [4.69, 9.17) is 5.73 Å². The predicted molar refractivity (Wildman–Crippen MR) is 67.0 cm³/mol. The van der Waals surface area contributed by atoms with Crippen LogP contribution in [0, 0.1) is 11.6 Å². The van der Waals surface area contributed by atoms with Crippen LogP contribution in [-0.2, 0) is 6.54 Å². The van der Waals surface area contributed by atoms with E-state index in [-0.39, 0.29) is 18.3 Å². The predicted octanol–water partition coefficient (Wildman–Crippen LogP) is 3.05. The lowest BCUT2D eigenvalue weighted by atomic mass is 10.1. The van der Waals surface area contributed by atoms with E-state index in [0.29, 0.717) is 12.1 Å². The average molecular weight is 242 g/mol. The summed E-state index contributed by atoms with van der Waals surface area (Å²) in [6, 6.07) is 2.72. The van der Waals surface area contributed by atoms with Crippen LogP contribution >= 0.6 is 0 Å². The molecule has 0 amide bonds. The van der Waals surface area contributed by atoms with Crippen molar-refractivity contribution in [1.29, 1.82) is 0 Å². The molecule has 0 radical (unpaired) electrons. The largest absolute Gasteiger partial charge is 0.364 e. The van der Waals surface area contributed by atoms with Crippen LogP contribution in [-0.4, -0.2) is 12.6 Å². The SMILES string of the molecule is CCC(C)N(CC)c1c(F)cc(CN)cc1F. The maximum atomic E-state index is 13.9. The third-order valence-electron chi connectivity index (χ3n) is 3.06. The number of nitrogens with two attached hydrogens (primary N) is 1. The van der Waals surface area contributed by atoms with E-state index in [9.17, 15) is 8.78 Å². The molecule has 2 nitrogen and oxygen atoms in total. The lowest BCUT2D eigenvalue weighted by molar-refractivity contribution is 0.543. The quantitative estimate of drug-likeness (QED) is 0.860. The topological polar surface area (TPSA) is 29.3 Å². The van der Waals surface area contributed by atoms with Crippen LogP contribution in [0.25, 0.3) is 0 Å². The molecule has 1 aromatic carbocycles. The molecule has 96 valence electrons. The summed E-state index contributed by atoms with van der Waals surface area (Å²) in [6.07, 6.45) is 0.839. The molecule has 0 saturated carbocycles. The highest BCUT2D eigenvalue weighted by Gasteiger charge is 2.20. The Kier molecular flexibility index (Phi) is 4.87. The molecule has 1 rings (SSSR count). The Morgan fingerprint density at radius 1 is 1.24 bits per heavy atom. The van der Waals surface area contributed by atoms with Gasteiger partial charge in [-0.25, -0.2) is 8.78 Å². The Morgan fingerprint density at radius 3 is 2.12 bits per heavy atom. The van der Waals surface area contributed by atoms with E-state index < -0.39 is 11.6 Å². The summed E-state index contributed by atoms with van der Waals surface area (Å²) in [5.41, 5.74) is 5.92. The fraction of sp³-hybridized carbons (Fsp3) is 0.538. The van der Waals surface area contributed by atoms with Gasteiger partial charge >= 0.3 is 0 Å². The lowest BCUT2D eigenvalue weighted by Gasteiger charge is -2.30. The van der Waals surface area contributed by atoms with Crippen LogP contribution in [0.3, 0.4) is 0 Å². The first-order valence-corrected chi connectivity index (χ1v) is 5.99. The van der Waals surface area contributed by atoms with Gasteiger partial charge in [-0.05, 0) is 38.0 Å². The average Bonchev–Trinajstić information content (AvgIpc) is 2.32. The Labute approximate surface area is 101 Å². The van der Waals surface area contributed by atoms with Crippen molar-refractivity contribution in [3.05, 3.63) is 29.3 Å². The normalized spacial score (nSPS) is 12.6. The van der Waals surface area contributed by atoms with Crippen LogP contribution in [0.15, 0.2) is 12.1 Å². The molecule has 0 spiro atoms. The molecule has 2 N–H and O–H groups in total. The van der Waals surface area contributed by atoms with Crippen LogP contribution in [0.1, 0.15) is 32.8 Å². The number of rotatable bonds is 5. The van der Waals surface area contributed by atoms with Crippen molar-refractivity contribution in [2.45, 2.75) is 39.8 Å². The molecule has 0 aromatic heterocycles. The molecular formula is C13H20F2N2. The van der Waals surface area contributed by atoms with Crippen molar-refractivity contribution in [1.82, 2.24) is 0 Å². The number of nitrogens with zero attached hydrogens (tertiary/aromatic N) is 1. The van der Waals surface area contributed by atoms with Gasteiger partial charge in [0.15, 0.2) is 0 Å². The summed E-state index contributed by atoms with van der Waals surface area (Å²) in [5.74, 6) is -1.07. The van der Waals surface area contributed by atoms with E-state index in [0.717, 1.165) is 6.42 Å². The van der Waals surface area contributed by atoms with Gasteiger partial charge in [0.2, 0.25) is 0 Å². The minimum atomic E-state index is -0.535. The zero-order valence-corrected chi connectivity index (χ0v) is 10.6. The van der Waals surface area contributed by atoms with Crippen molar-refractivity contribution in [2.75, 3.05) is 11.4 Å². The van der Waals surface area contributed by atoms with Gasteiger partial charge in [0.1, 0.15) is 17.3 Å². The van der Waals surface area contributed by atoms with Crippen molar-refractivity contribution in [3.8, 4) is 0 Å². The highest BCUT2D eigenvalue weighted by Crippen LogP contribution is 2.27. The number of hydrogen-bond acceptors (Lipinski definition) is 2. The first-order chi connectivity index (χ1) is 8.04. The van der Waals surface area contributed by atoms with Gasteiger partial charge in [-0.15, -0.1) is 0 Å². The first-order valence-electron chi connectivity index (χ1n) is 5.99. The van der Waals surface area contributed by atoms with Crippen molar-refractivity contribution < 1.29 is 8.78 Å². The van der Waals surface area contributed by atoms with Crippen molar-refractivity contribution in [3.63, 3.8) is 0 Å². The second-order valence-corrected chi connectivity index (χ2v) is 4.16. The number of hydrogen-bond donors (Lipinski definition) is 1. The molecule has 0 fully saturated rings. The maximum absolute atomic E-state index is 13.9. The fourth-order valence-corrected chi connectivity index (χ4v) is 1.92. The van der Waals surface area contributed by atoms with Crippen molar-refractivity contribution in [2.24, 2.45) is 5.73 Å². The molecule has 17 heavy (non-hydrogen) atoms. The minimum absolute atomic E-state index is 0.0547. The Bertz CT molecular complexity index is 357. The molecule has 0 saturated heterocycles. The van der Waals surface area contributed by atoms with E-state index in [1.54, 1.807) is 4.90 Å². The molecule has 0 aliphatic carbocycles. The molecule has 4 heteroatoms. The molecule has 0 aliphatic heterocycles. The summed E-state index contributed by atoms with van der Waals surface area (Å²) in [4.78, 5) is 1.74. The van der Waals surface area contributed by atoms with E-state index in [2.05, 4.69) is 0 Å². The number of halogens is 2. The highest BCUT2D eigenvalue weighted by molar-refractivity contribution is 5.51. The smallest absolute Gasteiger partial charge is 0.149 e. The Balaban J connectivity index is 3.20. The summed E-state index contributed by atoms with van der Waals surface area (Å²) in [7, 11) is 0. The second-order valence-electron chi connectivity index (χ2n) is 4.16. The minimum Gasteiger partial charge on any atom is -0.364 e. The third kappa shape index (κ3) is 2.94. The lowest BCUT2D eigenvalue weighted by Crippen LogP contribution is -2.33. The standard InChI is InChI=1S/C13H20F2N2/c1-4-9(3)17(5-2)13-11(14)6-10(8-16)7-12(13)15/h6-7,9H,4-5,8,16H2,1-3H3. The molecular weight excluding hydrogens is 222 g/mol. The van der Waals surface area contributed by atoms with Crippen molar-refractivity contribution >= 4 is 5.69 Å². The van der Waals surface area contributed by atoms with Crippen LogP contribution in [0.2, 0.25) is 0 Å². The van der Waals surface area contributed by atoms with E-state index >= 15 is 0 Å². The molecule has 1 unspecified atom stereocenters. The molecule has 1 atom stereocenters. The van der Waals surface area contributed by atoms with Gasteiger partial charge in [-0.3, -0.25) is 0 Å². The van der Waals surface area contributed by atoms with Gasteiger partial charge < -0.3 is 10.6 Å². The fourth-order valence-electron chi connectivity index (χ4n) is 1.92. The zero-order chi connectivity index (χ0) is 13.0. The molecule has 0 heterocycles. The Morgan fingerprint density at radius 2 is 1.76 bits per heavy atom. The molecule has 0 aliphatic rings. The van der Waals surface area contributed by atoms with Gasteiger partial charge in [0, 0.05) is 19.1 Å². The highest BCUT2D eigenvalue weighted by atomic mass is 19.1. The summed E-state index contributed by atoms with van der Waals surface area (Å²) >= 11 is 0. The van der Waals surface area contributed by atoms with E-state index in [1.165, 1.54) is 12.1 Å². The summed E-state index contributed by atoms with van der Waals surface area (Å²) in [6.45, 7) is 6.56. The van der Waals surface area contributed by atoms with Crippen LogP contribution < -0.4 is 10.6 Å². The monoisotopic (exact) mass is 242 g/mol. The Hall–Kier alpha value is -1.16. The third-order valence-corrected chi connectivity index (χ3v) is 3.06. The maximum Gasteiger partial charge on any atom is 0.149 e. The molecule has 0 bridgehead atoms.